The van der Waals surface area contributed by atoms with Crippen molar-refractivity contribution in [2.45, 2.75) is 12.8 Å². The fourth-order valence-electron chi connectivity index (χ4n) is 3.25. The summed E-state index contributed by atoms with van der Waals surface area (Å²) >= 11 is 0. The smallest absolute Gasteiger partial charge is 0.259 e. The molecule has 0 saturated heterocycles. The van der Waals surface area contributed by atoms with Crippen molar-refractivity contribution >= 4 is 23.1 Å². The van der Waals surface area contributed by atoms with Crippen molar-refractivity contribution in [2.75, 3.05) is 16.8 Å². The SMILES string of the molecule is O=C(Nc1ccc(N2CCCc3ccccc32)cn1)c1ccccc1F. The van der Waals surface area contributed by atoms with Crippen molar-refractivity contribution in [1.82, 2.24) is 4.98 Å². The topological polar surface area (TPSA) is 45.2 Å². The Morgan fingerprint density at radius 1 is 1.04 bits per heavy atom. The van der Waals surface area contributed by atoms with Gasteiger partial charge in [-0.3, -0.25) is 4.79 Å². The first-order valence-electron chi connectivity index (χ1n) is 8.60. The summed E-state index contributed by atoms with van der Waals surface area (Å²) in [6.07, 6.45) is 3.90. The normalized spacial score (nSPS) is 13.2. The number of halogens is 1. The van der Waals surface area contributed by atoms with Gasteiger partial charge in [0.1, 0.15) is 11.6 Å². The Labute approximate surface area is 151 Å². The highest BCUT2D eigenvalue weighted by atomic mass is 19.1. The van der Waals surface area contributed by atoms with Gasteiger partial charge in [0.15, 0.2) is 0 Å². The summed E-state index contributed by atoms with van der Waals surface area (Å²) < 4.78 is 13.7. The average Bonchev–Trinajstić information content (AvgIpc) is 2.68. The maximum atomic E-state index is 13.7. The number of benzene rings is 2. The van der Waals surface area contributed by atoms with Gasteiger partial charge in [0, 0.05) is 12.2 Å². The Morgan fingerprint density at radius 2 is 1.85 bits per heavy atom. The van der Waals surface area contributed by atoms with E-state index in [-0.39, 0.29) is 5.56 Å². The second kappa shape index (κ2) is 6.96. The van der Waals surface area contributed by atoms with Crippen molar-refractivity contribution in [3.63, 3.8) is 0 Å². The molecule has 4 nitrogen and oxygen atoms in total. The molecule has 1 aromatic heterocycles. The fraction of sp³-hybridized carbons (Fsp3) is 0.143. The van der Waals surface area contributed by atoms with Crippen LogP contribution < -0.4 is 10.2 Å². The summed E-state index contributed by atoms with van der Waals surface area (Å²) in [6.45, 7) is 0.930. The zero-order chi connectivity index (χ0) is 17.9. The molecule has 0 saturated carbocycles. The number of carbonyl (C=O) groups is 1. The number of aryl methyl sites for hydroxylation is 1. The van der Waals surface area contributed by atoms with Crippen LogP contribution >= 0.6 is 0 Å². The lowest BCUT2D eigenvalue weighted by molar-refractivity contribution is 0.102. The van der Waals surface area contributed by atoms with E-state index < -0.39 is 11.7 Å². The average molecular weight is 347 g/mol. The molecule has 0 spiro atoms. The van der Waals surface area contributed by atoms with Crippen molar-refractivity contribution in [3.05, 3.63) is 83.8 Å². The van der Waals surface area contributed by atoms with Crippen LogP contribution in [0.3, 0.4) is 0 Å². The fourth-order valence-corrected chi connectivity index (χ4v) is 3.25. The number of fused-ring (bicyclic) bond motifs is 1. The van der Waals surface area contributed by atoms with E-state index in [4.69, 9.17) is 0 Å². The van der Waals surface area contributed by atoms with Crippen LogP contribution in [0.15, 0.2) is 66.9 Å². The summed E-state index contributed by atoms with van der Waals surface area (Å²) in [4.78, 5) is 18.7. The molecule has 0 unspecified atom stereocenters. The molecule has 130 valence electrons. The highest BCUT2D eigenvalue weighted by molar-refractivity contribution is 6.03. The second-order valence-corrected chi connectivity index (χ2v) is 6.22. The molecule has 0 radical (unpaired) electrons. The second-order valence-electron chi connectivity index (χ2n) is 6.22. The minimum atomic E-state index is -0.549. The number of para-hydroxylation sites is 1. The number of pyridine rings is 1. The highest BCUT2D eigenvalue weighted by Crippen LogP contribution is 2.33. The summed E-state index contributed by atoms with van der Waals surface area (Å²) in [6, 6.07) is 17.9. The largest absolute Gasteiger partial charge is 0.340 e. The van der Waals surface area contributed by atoms with Gasteiger partial charge in [0.25, 0.3) is 5.91 Å². The number of anilines is 3. The van der Waals surface area contributed by atoms with Crippen LogP contribution in [0.1, 0.15) is 22.3 Å². The van der Waals surface area contributed by atoms with E-state index in [2.05, 4.69) is 33.4 Å². The zero-order valence-corrected chi connectivity index (χ0v) is 14.2. The number of hydrogen-bond donors (Lipinski definition) is 1. The molecular weight excluding hydrogens is 329 g/mol. The minimum Gasteiger partial charge on any atom is -0.340 e. The molecule has 1 aliphatic rings. The molecule has 1 aliphatic heterocycles. The molecule has 26 heavy (non-hydrogen) atoms. The number of aromatic nitrogens is 1. The molecule has 0 bridgehead atoms. The van der Waals surface area contributed by atoms with Crippen LogP contribution in [-0.4, -0.2) is 17.4 Å². The van der Waals surface area contributed by atoms with Crippen molar-refractivity contribution < 1.29 is 9.18 Å². The third kappa shape index (κ3) is 3.16. The van der Waals surface area contributed by atoms with Crippen LogP contribution in [0, 0.1) is 5.82 Å². The lowest BCUT2D eigenvalue weighted by Gasteiger charge is -2.31. The first-order chi connectivity index (χ1) is 12.7. The van der Waals surface area contributed by atoms with Crippen LogP contribution in [0.25, 0.3) is 0 Å². The number of rotatable bonds is 3. The van der Waals surface area contributed by atoms with Crippen LogP contribution in [-0.2, 0) is 6.42 Å². The Balaban J connectivity index is 1.53. The highest BCUT2D eigenvalue weighted by Gasteiger charge is 2.18. The quantitative estimate of drug-likeness (QED) is 0.755. The molecule has 2 heterocycles. The lowest BCUT2D eigenvalue weighted by atomic mass is 10.0. The third-order valence-electron chi connectivity index (χ3n) is 4.53. The van der Waals surface area contributed by atoms with Gasteiger partial charge in [-0.15, -0.1) is 0 Å². The first kappa shape index (κ1) is 16.3. The van der Waals surface area contributed by atoms with Gasteiger partial charge >= 0.3 is 0 Å². The van der Waals surface area contributed by atoms with E-state index in [9.17, 15) is 9.18 Å². The van der Waals surface area contributed by atoms with Gasteiger partial charge in [0.05, 0.1) is 17.4 Å². The summed E-state index contributed by atoms with van der Waals surface area (Å²) in [7, 11) is 0. The summed E-state index contributed by atoms with van der Waals surface area (Å²) in [5, 5.41) is 2.64. The van der Waals surface area contributed by atoms with Gasteiger partial charge in [-0.25, -0.2) is 9.37 Å². The maximum absolute atomic E-state index is 13.7. The number of nitrogens with zero attached hydrogens (tertiary/aromatic N) is 2. The first-order valence-corrected chi connectivity index (χ1v) is 8.60. The van der Waals surface area contributed by atoms with E-state index in [0.717, 1.165) is 25.1 Å². The molecule has 2 aromatic carbocycles. The van der Waals surface area contributed by atoms with E-state index in [1.165, 1.54) is 23.4 Å². The number of amides is 1. The molecule has 1 N–H and O–H groups in total. The van der Waals surface area contributed by atoms with E-state index in [1.807, 2.05) is 12.1 Å². The zero-order valence-electron chi connectivity index (χ0n) is 14.2. The van der Waals surface area contributed by atoms with Crippen LogP contribution in [0.2, 0.25) is 0 Å². The predicted octanol–water partition coefficient (Wildman–Crippen LogP) is 4.56. The van der Waals surface area contributed by atoms with Crippen LogP contribution in [0.4, 0.5) is 21.6 Å². The number of carbonyl (C=O) groups excluding carboxylic acids is 1. The van der Waals surface area contributed by atoms with Gasteiger partial charge in [-0.2, -0.15) is 0 Å². The molecule has 4 rings (SSSR count). The third-order valence-corrected chi connectivity index (χ3v) is 4.53. The van der Waals surface area contributed by atoms with Gasteiger partial charge in [-0.05, 0) is 48.7 Å². The molecule has 0 atom stereocenters. The van der Waals surface area contributed by atoms with E-state index in [0.29, 0.717) is 5.82 Å². The minimum absolute atomic E-state index is 0.00309. The molecule has 5 heteroatoms. The standard InChI is InChI=1S/C21H18FN3O/c22-18-9-3-2-8-17(18)21(26)24-20-12-11-16(14-23-20)25-13-5-7-15-6-1-4-10-19(15)25/h1-4,6,8-12,14H,5,7,13H2,(H,23,24,26). The molecule has 3 aromatic rings. The maximum Gasteiger partial charge on any atom is 0.259 e. The van der Waals surface area contributed by atoms with Crippen molar-refractivity contribution in [2.24, 2.45) is 0 Å². The number of hydrogen-bond acceptors (Lipinski definition) is 3. The molecule has 1 amide bonds. The van der Waals surface area contributed by atoms with Crippen LogP contribution in [0.5, 0.6) is 0 Å². The van der Waals surface area contributed by atoms with Crippen molar-refractivity contribution in [3.8, 4) is 0 Å². The Bertz CT molecular complexity index is 940. The van der Waals surface area contributed by atoms with Gasteiger partial charge < -0.3 is 10.2 Å². The molecule has 0 aliphatic carbocycles. The monoisotopic (exact) mass is 347 g/mol. The van der Waals surface area contributed by atoms with Crippen molar-refractivity contribution in [1.29, 1.82) is 0 Å². The summed E-state index contributed by atoms with van der Waals surface area (Å²) in [5.74, 6) is -0.662. The summed E-state index contributed by atoms with van der Waals surface area (Å²) in [5.41, 5.74) is 3.50. The number of nitrogens with one attached hydrogen (secondary N) is 1. The Kier molecular flexibility index (Phi) is 4.35. The van der Waals surface area contributed by atoms with Gasteiger partial charge in [0.2, 0.25) is 0 Å². The Hall–Kier alpha value is -3.21. The predicted molar refractivity (Wildman–Crippen MR) is 100 cm³/mol. The van der Waals surface area contributed by atoms with Gasteiger partial charge in [-0.1, -0.05) is 30.3 Å². The Morgan fingerprint density at radius 3 is 2.65 bits per heavy atom. The molecule has 0 fully saturated rings. The lowest BCUT2D eigenvalue weighted by Crippen LogP contribution is -2.24. The van der Waals surface area contributed by atoms with E-state index in [1.54, 1.807) is 24.4 Å². The van der Waals surface area contributed by atoms with E-state index >= 15 is 0 Å². The molecular formula is C21H18FN3O.